The molecule has 0 aromatic heterocycles. The summed E-state index contributed by atoms with van der Waals surface area (Å²) in [6.07, 6.45) is 5.93. The highest BCUT2D eigenvalue weighted by Crippen LogP contribution is 2.34. The van der Waals surface area contributed by atoms with Crippen LogP contribution in [-0.4, -0.2) is 54.4 Å². The Morgan fingerprint density at radius 2 is 1.88 bits per heavy atom. The van der Waals surface area contributed by atoms with E-state index in [1.807, 2.05) is 35.2 Å². The molecule has 1 saturated carbocycles. The van der Waals surface area contributed by atoms with Crippen LogP contribution in [0.25, 0.3) is 0 Å². The lowest BCUT2D eigenvalue weighted by Gasteiger charge is -2.37. The van der Waals surface area contributed by atoms with E-state index >= 15 is 0 Å². The van der Waals surface area contributed by atoms with E-state index in [2.05, 4.69) is 0 Å². The lowest BCUT2D eigenvalue weighted by atomic mass is 9.80. The van der Waals surface area contributed by atoms with Crippen LogP contribution in [-0.2, 0) is 9.53 Å². The fraction of sp³-hybridized carbons (Fsp3) is 0.650. The predicted octanol–water partition coefficient (Wildman–Crippen LogP) is 2.62. The number of aliphatic hydroxyl groups excluding tert-OH is 1. The molecule has 0 unspecified atom stereocenters. The Kier molecular flexibility index (Phi) is 6.70. The van der Waals surface area contributed by atoms with E-state index in [9.17, 15) is 9.90 Å². The molecule has 5 nitrogen and oxygen atoms in total. The van der Waals surface area contributed by atoms with Crippen molar-refractivity contribution in [2.24, 2.45) is 5.92 Å². The third-order valence-electron chi connectivity index (χ3n) is 5.36. The fourth-order valence-electron chi connectivity index (χ4n) is 4.11. The largest absolute Gasteiger partial charge is 0.491 e. The highest BCUT2D eigenvalue weighted by Gasteiger charge is 2.38. The van der Waals surface area contributed by atoms with Gasteiger partial charge in [-0.05, 0) is 37.8 Å². The Bertz CT molecular complexity index is 536. The van der Waals surface area contributed by atoms with Crippen LogP contribution in [0.4, 0.5) is 0 Å². The molecule has 138 valence electrons. The average molecular weight is 347 g/mol. The maximum Gasteiger partial charge on any atom is 0.248 e. The molecule has 25 heavy (non-hydrogen) atoms. The summed E-state index contributed by atoms with van der Waals surface area (Å²) in [5, 5.41) is 10.3. The monoisotopic (exact) mass is 347 g/mol. The van der Waals surface area contributed by atoms with E-state index in [1.54, 1.807) is 0 Å². The van der Waals surface area contributed by atoms with Crippen molar-refractivity contribution in [3.63, 3.8) is 0 Å². The number of carbonyl (C=O) groups excluding carboxylic acids is 1. The van der Waals surface area contributed by atoms with Crippen molar-refractivity contribution < 1.29 is 19.4 Å². The minimum Gasteiger partial charge on any atom is -0.491 e. The summed E-state index contributed by atoms with van der Waals surface area (Å²) < 4.78 is 11.1. The second kappa shape index (κ2) is 9.20. The van der Waals surface area contributed by atoms with Gasteiger partial charge in [0.15, 0.2) is 0 Å². The first-order chi connectivity index (χ1) is 12.3. The molecule has 2 fully saturated rings. The van der Waals surface area contributed by atoms with E-state index in [0.29, 0.717) is 13.2 Å². The molecular weight excluding hydrogens is 318 g/mol. The minimum atomic E-state index is -0.257. The zero-order valence-electron chi connectivity index (χ0n) is 14.8. The fourth-order valence-corrected chi connectivity index (χ4v) is 4.11. The van der Waals surface area contributed by atoms with E-state index in [4.69, 9.17) is 9.47 Å². The molecule has 1 saturated heterocycles. The lowest BCUT2D eigenvalue weighted by molar-refractivity contribution is -0.139. The van der Waals surface area contributed by atoms with Gasteiger partial charge in [-0.2, -0.15) is 0 Å². The Balaban J connectivity index is 1.39. The molecule has 0 radical (unpaired) electrons. The molecule has 1 aromatic rings. The van der Waals surface area contributed by atoms with Crippen molar-refractivity contribution in [1.29, 1.82) is 0 Å². The third-order valence-corrected chi connectivity index (χ3v) is 5.36. The summed E-state index contributed by atoms with van der Waals surface area (Å²) in [6.45, 7) is 1.71. The van der Waals surface area contributed by atoms with E-state index < -0.39 is 0 Å². The SMILES string of the molecule is O=C(COCCOc1ccccc1)N1CCC[C@@H]1[C@@H]1CCCC[C@@H]1O. The van der Waals surface area contributed by atoms with Crippen molar-refractivity contribution in [2.45, 2.75) is 50.7 Å². The summed E-state index contributed by atoms with van der Waals surface area (Å²) in [5.74, 6) is 1.09. The summed E-state index contributed by atoms with van der Waals surface area (Å²) in [7, 11) is 0. The van der Waals surface area contributed by atoms with Crippen molar-refractivity contribution in [3.05, 3.63) is 30.3 Å². The zero-order valence-corrected chi connectivity index (χ0v) is 14.8. The predicted molar refractivity (Wildman–Crippen MR) is 95.5 cm³/mol. The number of benzene rings is 1. The number of rotatable bonds is 7. The number of nitrogens with zero attached hydrogens (tertiary/aromatic N) is 1. The lowest BCUT2D eigenvalue weighted by Crippen LogP contribution is -2.46. The molecule has 5 heteroatoms. The van der Waals surface area contributed by atoms with Gasteiger partial charge < -0.3 is 19.5 Å². The number of aliphatic hydroxyl groups is 1. The molecule has 1 aromatic carbocycles. The van der Waals surface area contributed by atoms with Gasteiger partial charge in [-0.15, -0.1) is 0 Å². The normalized spacial score (nSPS) is 26.6. The van der Waals surface area contributed by atoms with E-state index in [-0.39, 0.29) is 30.6 Å². The van der Waals surface area contributed by atoms with Crippen molar-refractivity contribution in [2.75, 3.05) is 26.4 Å². The molecule has 1 aliphatic carbocycles. The van der Waals surface area contributed by atoms with Crippen molar-refractivity contribution in [1.82, 2.24) is 4.90 Å². The highest BCUT2D eigenvalue weighted by atomic mass is 16.5. The Hall–Kier alpha value is -1.59. The number of para-hydroxylation sites is 1. The first-order valence-corrected chi connectivity index (χ1v) is 9.49. The number of hydrogen-bond donors (Lipinski definition) is 1. The molecule has 3 rings (SSSR count). The van der Waals surface area contributed by atoms with Gasteiger partial charge in [0.05, 0.1) is 12.7 Å². The number of amides is 1. The zero-order chi connectivity index (χ0) is 17.5. The van der Waals surface area contributed by atoms with Crippen molar-refractivity contribution >= 4 is 5.91 Å². The Morgan fingerprint density at radius 3 is 2.68 bits per heavy atom. The number of hydrogen-bond acceptors (Lipinski definition) is 4. The van der Waals surface area contributed by atoms with Gasteiger partial charge in [-0.25, -0.2) is 0 Å². The van der Waals surface area contributed by atoms with Gasteiger partial charge in [-0.3, -0.25) is 4.79 Å². The molecule has 1 amide bonds. The topological polar surface area (TPSA) is 59.0 Å². The van der Waals surface area contributed by atoms with Crippen LogP contribution < -0.4 is 4.74 Å². The van der Waals surface area contributed by atoms with Crippen LogP contribution in [0.15, 0.2) is 30.3 Å². The van der Waals surface area contributed by atoms with Crippen LogP contribution in [0.5, 0.6) is 5.75 Å². The first kappa shape index (κ1) is 18.2. The first-order valence-electron chi connectivity index (χ1n) is 9.49. The molecule has 1 aliphatic heterocycles. The summed E-state index contributed by atoms with van der Waals surface area (Å²) >= 11 is 0. The number of likely N-dealkylation sites (tertiary alicyclic amines) is 1. The maximum atomic E-state index is 12.5. The van der Waals surface area contributed by atoms with Gasteiger partial charge in [0, 0.05) is 18.5 Å². The number of carbonyl (C=O) groups is 1. The summed E-state index contributed by atoms with van der Waals surface area (Å²) in [6, 6.07) is 9.77. The van der Waals surface area contributed by atoms with Crippen LogP contribution in [0.3, 0.4) is 0 Å². The standard InChI is InChI=1S/C20H29NO4/c22-19-11-5-4-9-17(19)18-10-6-12-21(18)20(23)15-24-13-14-25-16-7-2-1-3-8-16/h1-3,7-8,17-19,22H,4-6,9-15H2/t17-,18+,19-/m0/s1. The van der Waals surface area contributed by atoms with Crippen LogP contribution >= 0.6 is 0 Å². The molecule has 1 N–H and O–H groups in total. The Morgan fingerprint density at radius 1 is 1.08 bits per heavy atom. The van der Waals surface area contributed by atoms with E-state index in [0.717, 1.165) is 50.8 Å². The average Bonchev–Trinajstić information content (AvgIpc) is 3.12. The van der Waals surface area contributed by atoms with Gasteiger partial charge in [0.25, 0.3) is 0 Å². The smallest absolute Gasteiger partial charge is 0.248 e. The third kappa shape index (κ3) is 4.95. The van der Waals surface area contributed by atoms with Gasteiger partial charge >= 0.3 is 0 Å². The van der Waals surface area contributed by atoms with Crippen LogP contribution in [0, 0.1) is 5.92 Å². The van der Waals surface area contributed by atoms with E-state index in [1.165, 1.54) is 0 Å². The van der Waals surface area contributed by atoms with Gasteiger partial charge in [-0.1, -0.05) is 31.0 Å². The van der Waals surface area contributed by atoms with Gasteiger partial charge in [0.1, 0.15) is 19.0 Å². The van der Waals surface area contributed by atoms with Crippen molar-refractivity contribution in [3.8, 4) is 5.75 Å². The van der Waals surface area contributed by atoms with Crippen LogP contribution in [0.1, 0.15) is 38.5 Å². The molecule has 3 atom stereocenters. The second-order valence-electron chi connectivity index (χ2n) is 7.03. The second-order valence-corrected chi connectivity index (χ2v) is 7.03. The highest BCUT2D eigenvalue weighted by molar-refractivity contribution is 5.78. The summed E-state index contributed by atoms with van der Waals surface area (Å²) in [5.41, 5.74) is 0. The molecule has 0 bridgehead atoms. The quantitative estimate of drug-likeness (QED) is 0.771. The Labute approximate surface area is 149 Å². The van der Waals surface area contributed by atoms with Crippen LogP contribution in [0.2, 0.25) is 0 Å². The maximum absolute atomic E-state index is 12.5. The number of ether oxygens (including phenoxy) is 2. The summed E-state index contributed by atoms with van der Waals surface area (Å²) in [4.78, 5) is 14.5. The molecular formula is C20H29NO4. The molecule has 1 heterocycles. The molecule has 0 spiro atoms. The minimum absolute atomic E-state index is 0.0417. The van der Waals surface area contributed by atoms with Gasteiger partial charge in [0.2, 0.25) is 5.91 Å². The molecule has 2 aliphatic rings.